The molecule has 1 saturated heterocycles. The normalized spacial score (nSPS) is 22.2. The van der Waals surface area contributed by atoms with Crippen molar-refractivity contribution in [1.29, 1.82) is 0 Å². The van der Waals surface area contributed by atoms with Crippen molar-refractivity contribution in [2.75, 3.05) is 6.54 Å². The molecule has 4 heteroatoms. The minimum absolute atomic E-state index is 0.348. The summed E-state index contributed by atoms with van der Waals surface area (Å²) in [4.78, 5) is 12.8. The van der Waals surface area contributed by atoms with E-state index in [1.54, 1.807) is 0 Å². The SMILES string of the molecule is Cc1nc(C)nc(C2CCCN2)n1. The van der Waals surface area contributed by atoms with Crippen molar-refractivity contribution in [3.63, 3.8) is 0 Å². The zero-order valence-electron chi connectivity index (χ0n) is 8.04. The minimum Gasteiger partial charge on any atom is -0.307 e. The minimum atomic E-state index is 0.348. The van der Waals surface area contributed by atoms with Gasteiger partial charge in [0, 0.05) is 0 Å². The lowest BCUT2D eigenvalue weighted by molar-refractivity contribution is 0.592. The Morgan fingerprint density at radius 1 is 1.15 bits per heavy atom. The third-order valence-corrected chi connectivity index (χ3v) is 2.25. The number of nitrogens with zero attached hydrogens (tertiary/aromatic N) is 3. The second kappa shape index (κ2) is 3.38. The predicted molar refractivity (Wildman–Crippen MR) is 49.3 cm³/mol. The third-order valence-electron chi connectivity index (χ3n) is 2.25. The number of aromatic nitrogens is 3. The van der Waals surface area contributed by atoms with E-state index in [1.807, 2.05) is 13.8 Å². The Morgan fingerprint density at radius 3 is 2.38 bits per heavy atom. The number of hydrogen-bond donors (Lipinski definition) is 1. The molecule has 1 aliphatic rings. The van der Waals surface area contributed by atoms with Crippen molar-refractivity contribution in [2.45, 2.75) is 32.7 Å². The predicted octanol–water partition coefficient (Wildman–Crippen LogP) is 0.913. The highest BCUT2D eigenvalue weighted by Crippen LogP contribution is 2.19. The van der Waals surface area contributed by atoms with Crippen LogP contribution < -0.4 is 5.32 Å². The molecule has 0 saturated carbocycles. The smallest absolute Gasteiger partial charge is 0.149 e. The van der Waals surface area contributed by atoms with Crippen LogP contribution in [0.2, 0.25) is 0 Å². The van der Waals surface area contributed by atoms with Gasteiger partial charge in [0.1, 0.15) is 17.5 Å². The van der Waals surface area contributed by atoms with E-state index in [2.05, 4.69) is 20.3 Å². The van der Waals surface area contributed by atoms with Gasteiger partial charge in [-0.15, -0.1) is 0 Å². The fourth-order valence-corrected chi connectivity index (χ4v) is 1.70. The Kier molecular flexibility index (Phi) is 2.22. The second-order valence-corrected chi connectivity index (χ2v) is 3.44. The molecule has 4 nitrogen and oxygen atoms in total. The summed E-state index contributed by atoms with van der Waals surface area (Å²) in [6.07, 6.45) is 2.36. The van der Waals surface area contributed by atoms with Gasteiger partial charge in [-0.05, 0) is 33.2 Å². The number of nitrogens with one attached hydrogen (secondary N) is 1. The molecule has 1 aliphatic heterocycles. The average molecular weight is 178 g/mol. The van der Waals surface area contributed by atoms with Crippen LogP contribution in [0, 0.1) is 13.8 Å². The first-order valence-corrected chi connectivity index (χ1v) is 4.68. The molecule has 13 heavy (non-hydrogen) atoms. The first-order valence-electron chi connectivity index (χ1n) is 4.68. The van der Waals surface area contributed by atoms with E-state index in [-0.39, 0.29) is 0 Å². The van der Waals surface area contributed by atoms with E-state index in [0.29, 0.717) is 6.04 Å². The molecule has 1 unspecified atom stereocenters. The monoisotopic (exact) mass is 178 g/mol. The van der Waals surface area contributed by atoms with Gasteiger partial charge in [-0.1, -0.05) is 0 Å². The molecule has 0 aromatic carbocycles. The molecule has 0 radical (unpaired) electrons. The molecule has 1 atom stereocenters. The van der Waals surface area contributed by atoms with E-state index in [9.17, 15) is 0 Å². The molecule has 1 N–H and O–H groups in total. The van der Waals surface area contributed by atoms with E-state index >= 15 is 0 Å². The molecular formula is C9H14N4. The van der Waals surface area contributed by atoms with Crippen LogP contribution in [0.25, 0.3) is 0 Å². The number of hydrogen-bond acceptors (Lipinski definition) is 4. The summed E-state index contributed by atoms with van der Waals surface area (Å²) < 4.78 is 0. The fourth-order valence-electron chi connectivity index (χ4n) is 1.70. The quantitative estimate of drug-likeness (QED) is 0.694. The summed E-state index contributed by atoms with van der Waals surface area (Å²) in [7, 11) is 0. The van der Waals surface area contributed by atoms with Crippen molar-refractivity contribution in [1.82, 2.24) is 20.3 Å². The highest BCUT2D eigenvalue weighted by molar-refractivity contribution is 5.01. The second-order valence-electron chi connectivity index (χ2n) is 3.44. The highest BCUT2D eigenvalue weighted by atomic mass is 15.1. The van der Waals surface area contributed by atoms with Gasteiger partial charge >= 0.3 is 0 Å². The Labute approximate surface area is 77.8 Å². The first-order chi connectivity index (χ1) is 6.25. The van der Waals surface area contributed by atoms with Crippen LogP contribution in [-0.2, 0) is 0 Å². The maximum Gasteiger partial charge on any atom is 0.149 e. The largest absolute Gasteiger partial charge is 0.307 e. The van der Waals surface area contributed by atoms with Crippen LogP contribution in [0.15, 0.2) is 0 Å². The zero-order chi connectivity index (χ0) is 9.26. The molecular weight excluding hydrogens is 164 g/mol. The summed E-state index contributed by atoms with van der Waals surface area (Å²) in [5.74, 6) is 2.54. The average Bonchev–Trinajstić information content (AvgIpc) is 2.53. The van der Waals surface area contributed by atoms with Gasteiger partial charge in [0.25, 0.3) is 0 Å². The number of aryl methyl sites for hydroxylation is 2. The summed E-state index contributed by atoms with van der Waals surface area (Å²) >= 11 is 0. The summed E-state index contributed by atoms with van der Waals surface area (Å²) in [5, 5.41) is 3.37. The lowest BCUT2D eigenvalue weighted by Crippen LogP contribution is -2.17. The molecule has 0 bridgehead atoms. The van der Waals surface area contributed by atoms with Crippen molar-refractivity contribution in [3.05, 3.63) is 17.5 Å². The molecule has 0 spiro atoms. The molecule has 1 aromatic rings. The maximum absolute atomic E-state index is 4.33. The van der Waals surface area contributed by atoms with Crippen LogP contribution in [0.1, 0.15) is 36.4 Å². The summed E-state index contributed by atoms with van der Waals surface area (Å²) in [5.41, 5.74) is 0. The van der Waals surface area contributed by atoms with Gasteiger partial charge in [0.2, 0.25) is 0 Å². The first kappa shape index (κ1) is 8.56. The van der Waals surface area contributed by atoms with Gasteiger partial charge in [-0.3, -0.25) is 0 Å². The topological polar surface area (TPSA) is 50.7 Å². The maximum atomic E-state index is 4.33. The van der Waals surface area contributed by atoms with Crippen LogP contribution in [0.4, 0.5) is 0 Å². The Bertz CT molecular complexity index is 284. The van der Waals surface area contributed by atoms with Crippen LogP contribution in [0.5, 0.6) is 0 Å². The van der Waals surface area contributed by atoms with Crippen molar-refractivity contribution in [2.24, 2.45) is 0 Å². The Hall–Kier alpha value is -1.03. The van der Waals surface area contributed by atoms with E-state index in [1.165, 1.54) is 6.42 Å². The molecule has 2 heterocycles. The molecule has 0 amide bonds. The fraction of sp³-hybridized carbons (Fsp3) is 0.667. The van der Waals surface area contributed by atoms with Crippen LogP contribution in [0.3, 0.4) is 0 Å². The highest BCUT2D eigenvalue weighted by Gasteiger charge is 2.19. The van der Waals surface area contributed by atoms with Gasteiger partial charge in [-0.2, -0.15) is 0 Å². The summed E-state index contributed by atoms with van der Waals surface area (Å²) in [6.45, 7) is 4.90. The Balaban J connectivity index is 2.28. The van der Waals surface area contributed by atoms with Crippen molar-refractivity contribution >= 4 is 0 Å². The van der Waals surface area contributed by atoms with Crippen LogP contribution >= 0.6 is 0 Å². The third kappa shape index (κ3) is 1.83. The molecule has 1 fully saturated rings. The molecule has 0 aliphatic carbocycles. The van der Waals surface area contributed by atoms with Gasteiger partial charge in [0.05, 0.1) is 6.04 Å². The molecule has 2 rings (SSSR count). The molecule has 1 aromatic heterocycles. The van der Waals surface area contributed by atoms with Crippen molar-refractivity contribution < 1.29 is 0 Å². The van der Waals surface area contributed by atoms with Crippen molar-refractivity contribution in [3.8, 4) is 0 Å². The standard InChI is InChI=1S/C9H14N4/c1-6-11-7(2)13-9(12-6)8-4-3-5-10-8/h8,10H,3-5H2,1-2H3. The zero-order valence-corrected chi connectivity index (χ0v) is 8.04. The molecule has 70 valence electrons. The van der Waals surface area contributed by atoms with E-state index in [4.69, 9.17) is 0 Å². The number of rotatable bonds is 1. The lowest BCUT2D eigenvalue weighted by Gasteiger charge is -2.08. The van der Waals surface area contributed by atoms with Gasteiger partial charge in [0.15, 0.2) is 0 Å². The van der Waals surface area contributed by atoms with Crippen LogP contribution in [-0.4, -0.2) is 21.5 Å². The van der Waals surface area contributed by atoms with E-state index in [0.717, 1.165) is 30.4 Å². The van der Waals surface area contributed by atoms with Gasteiger partial charge in [-0.25, -0.2) is 15.0 Å². The van der Waals surface area contributed by atoms with E-state index < -0.39 is 0 Å². The summed E-state index contributed by atoms with van der Waals surface area (Å²) in [6, 6.07) is 0.348. The Morgan fingerprint density at radius 2 is 1.85 bits per heavy atom. The van der Waals surface area contributed by atoms with Gasteiger partial charge < -0.3 is 5.32 Å². The lowest BCUT2D eigenvalue weighted by atomic mass is 10.2.